The summed E-state index contributed by atoms with van der Waals surface area (Å²) in [7, 11) is 0. The van der Waals surface area contributed by atoms with Crippen LogP contribution in [0, 0.1) is 12.7 Å². The van der Waals surface area contributed by atoms with Crippen molar-refractivity contribution in [2.45, 2.75) is 31.1 Å². The summed E-state index contributed by atoms with van der Waals surface area (Å²) in [6.45, 7) is 1.87. The number of aryl methyl sites for hydroxylation is 1. The molecule has 1 atom stereocenters. The molecule has 192 valence electrons. The van der Waals surface area contributed by atoms with Crippen LogP contribution in [0.3, 0.4) is 0 Å². The number of amides is 2. The van der Waals surface area contributed by atoms with Crippen LogP contribution in [0.2, 0.25) is 0 Å². The lowest BCUT2D eigenvalue weighted by atomic mass is 9.99. The van der Waals surface area contributed by atoms with E-state index < -0.39 is 5.25 Å². The normalized spacial score (nSPS) is 17.2. The van der Waals surface area contributed by atoms with E-state index in [0.29, 0.717) is 17.1 Å². The second kappa shape index (κ2) is 10.1. The fourth-order valence-electron chi connectivity index (χ4n) is 4.85. The summed E-state index contributed by atoms with van der Waals surface area (Å²) < 4.78 is 17.0. The maximum Gasteiger partial charge on any atom is 0.240 e. The molecule has 2 heterocycles. The number of rotatable bonds is 6. The third-order valence-electron chi connectivity index (χ3n) is 6.81. The van der Waals surface area contributed by atoms with E-state index in [1.54, 1.807) is 22.9 Å². The summed E-state index contributed by atoms with van der Waals surface area (Å²) in [5.74, 6) is -0.157. The van der Waals surface area contributed by atoms with Gasteiger partial charge in [-0.1, -0.05) is 60.7 Å². The average molecular weight is 527 g/mol. The van der Waals surface area contributed by atoms with Gasteiger partial charge in [0.15, 0.2) is 0 Å². The molecule has 4 aromatic rings. The summed E-state index contributed by atoms with van der Waals surface area (Å²) in [6, 6.07) is 24.4. The number of thioether (sulfide) groups is 1. The monoisotopic (exact) mass is 526 g/mol. The van der Waals surface area contributed by atoms with Crippen LogP contribution in [-0.4, -0.2) is 39.9 Å². The van der Waals surface area contributed by atoms with Crippen LogP contribution in [0.15, 0.2) is 78.9 Å². The van der Waals surface area contributed by atoms with Crippen molar-refractivity contribution in [2.75, 3.05) is 17.2 Å². The summed E-state index contributed by atoms with van der Waals surface area (Å²) in [6.07, 6.45) is 1.91. The maximum atomic E-state index is 15.3. The molecule has 1 aromatic heterocycles. The number of anilines is 1. The third kappa shape index (κ3) is 4.72. The molecule has 0 saturated heterocycles. The zero-order valence-electron chi connectivity index (χ0n) is 20.9. The van der Waals surface area contributed by atoms with Gasteiger partial charge in [-0.25, -0.2) is 9.07 Å². The van der Waals surface area contributed by atoms with Crippen LogP contribution < -0.4 is 10.2 Å². The van der Waals surface area contributed by atoms with Crippen LogP contribution in [-0.2, 0) is 9.59 Å². The lowest BCUT2D eigenvalue weighted by Gasteiger charge is -2.23. The van der Waals surface area contributed by atoms with Gasteiger partial charge in [-0.2, -0.15) is 5.10 Å². The summed E-state index contributed by atoms with van der Waals surface area (Å²) in [4.78, 5) is 28.2. The standard InChI is InChI=1S/C30H27FN4O2S/c1-19-8-7-11-22(16-19)35-30-27(28(33-35)20-9-3-2-4-10-20)29(23-12-5-6-13-24(23)31)38-18-26(37)34(30)17-25(36)32-21-14-15-21/h2-13,16,21,29H,14-15,17-18H2,1H3,(H,32,36). The lowest BCUT2D eigenvalue weighted by molar-refractivity contribution is -0.123. The zero-order chi connectivity index (χ0) is 26.2. The first kappa shape index (κ1) is 24.4. The third-order valence-corrected chi connectivity index (χ3v) is 8.05. The van der Waals surface area contributed by atoms with E-state index in [0.717, 1.165) is 35.2 Å². The first-order valence-electron chi connectivity index (χ1n) is 12.7. The number of benzene rings is 3. The van der Waals surface area contributed by atoms with Crippen LogP contribution in [0.5, 0.6) is 0 Å². The van der Waals surface area contributed by atoms with Crippen molar-refractivity contribution in [1.29, 1.82) is 0 Å². The Morgan fingerprint density at radius 3 is 2.55 bits per heavy atom. The molecule has 38 heavy (non-hydrogen) atoms. The predicted molar refractivity (Wildman–Crippen MR) is 148 cm³/mol. The minimum Gasteiger partial charge on any atom is -0.352 e. The quantitative estimate of drug-likeness (QED) is 0.364. The Hall–Kier alpha value is -3.91. The first-order chi connectivity index (χ1) is 18.5. The Balaban J connectivity index is 1.62. The van der Waals surface area contributed by atoms with Gasteiger partial charge in [0.2, 0.25) is 11.8 Å². The number of fused-ring (bicyclic) bond motifs is 1. The van der Waals surface area contributed by atoms with Gasteiger partial charge < -0.3 is 5.32 Å². The van der Waals surface area contributed by atoms with E-state index in [1.807, 2.05) is 61.5 Å². The first-order valence-corrected chi connectivity index (χ1v) is 13.8. The van der Waals surface area contributed by atoms with Gasteiger partial charge in [0.25, 0.3) is 0 Å². The number of halogens is 1. The Labute approximate surface area is 224 Å². The molecule has 2 aliphatic rings. The molecule has 1 unspecified atom stereocenters. The molecule has 1 aliphatic heterocycles. The van der Waals surface area contributed by atoms with Gasteiger partial charge in [-0.05, 0) is 43.5 Å². The molecule has 8 heteroatoms. The van der Waals surface area contributed by atoms with Crippen molar-refractivity contribution < 1.29 is 14.0 Å². The minimum absolute atomic E-state index is 0.104. The van der Waals surface area contributed by atoms with Gasteiger partial charge in [-0.3, -0.25) is 14.5 Å². The topological polar surface area (TPSA) is 67.2 Å². The second-order valence-electron chi connectivity index (χ2n) is 9.74. The van der Waals surface area contributed by atoms with Crippen molar-refractivity contribution in [1.82, 2.24) is 15.1 Å². The van der Waals surface area contributed by atoms with Crippen molar-refractivity contribution in [3.63, 3.8) is 0 Å². The average Bonchev–Trinajstić information content (AvgIpc) is 3.67. The number of hydrogen-bond acceptors (Lipinski definition) is 4. The number of hydrogen-bond donors (Lipinski definition) is 1. The highest BCUT2D eigenvalue weighted by molar-refractivity contribution is 8.00. The van der Waals surface area contributed by atoms with Crippen LogP contribution in [0.4, 0.5) is 10.2 Å². The predicted octanol–water partition coefficient (Wildman–Crippen LogP) is 5.43. The maximum absolute atomic E-state index is 15.3. The molecule has 1 N–H and O–H groups in total. The Kier molecular flexibility index (Phi) is 6.49. The highest BCUT2D eigenvalue weighted by Gasteiger charge is 2.39. The van der Waals surface area contributed by atoms with E-state index >= 15 is 4.39 Å². The fraction of sp³-hybridized carbons (Fsp3) is 0.233. The van der Waals surface area contributed by atoms with E-state index in [-0.39, 0.29) is 36.0 Å². The number of aromatic nitrogens is 2. The summed E-state index contributed by atoms with van der Waals surface area (Å²) in [5, 5.41) is 7.54. The molecule has 3 aromatic carbocycles. The molecule has 1 saturated carbocycles. The molecule has 0 radical (unpaired) electrons. The number of carbonyl (C=O) groups excluding carboxylic acids is 2. The van der Waals surface area contributed by atoms with Gasteiger partial charge in [0.1, 0.15) is 18.2 Å². The SMILES string of the molecule is Cc1cccc(-n2nc(-c3ccccc3)c3c2N(CC(=O)NC2CC2)C(=O)CSC3c2ccccc2F)c1. The molecule has 6 rings (SSSR count). The van der Waals surface area contributed by atoms with E-state index in [2.05, 4.69) is 5.32 Å². The molecule has 1 aliphatic carbocycles. The largest absolute Gasteiger partial charge is 0.352 e. The zero-order valence-corrected chi connectivity index (χ0v) is 21.7. The van der Waals surface area contributed by atoms with Crippen molar-refractivity contribution in [3.8, 4) is 16.9 Å². The van der Waals surface area contributed by atoms with Gasteiger partial charge in [-0.15, -0.1) is 11.8 Å². The number of nitrogens with zero attached hydrogens (tertiary/aromatic N) is 3. The van der Waals surface area contributed by atoms with Crippen molar-refractivity contribution >= 4 is 29.4 Å². The molecule has 0 spiro atoms. The van der Waals surface area contributed by atoms with Gasteiger partial charge >= 0.3 is 0 Å². The Morgan fingerprint density at radius 2 is 1.82 bits per heavy atom. The molecule has 2 amide bonds. The summed E-state index contributed by atoms with van der Waals surface area (Å²) in [5.41, 5.74) is 4.52. The smallest absolute Gasteiger partial charge is 0.240 e. The highest BCUT2D eigenvalue weighted by Crippen LogP contribution is 2.49. The molecular weight excluding hydrogens is 499 g/mol. The molecular formula is C30H27FN4O2S. The van der Waals surface area contributed by atoms with Gasteiger partial charge in [0.05, 0.1) is 22.4 Å². The number of carbonyl (C=O) groups is 2. The van der Waals surface area contributed by atoms with Crippen LogP contribution in [0.1, 0.15) is 34.8 Å². The number of nitrogens with one attached hydrogen (secondary N) is 1. The van der Waals surface area contributed by atoms with Crippen LogP contribution >= 0.6 is 11.8 Å². The second-order valence-corrected chi connectivity index (χ2v) is 10.8. The molecule has 6 nitrogen and oxygen atoms in total. The summed E-state index contributed by atoms with van der Waals surface area (Å²) >= 11 is 1.36. The molecule has 0 bridgehead atoms. The minimum atomic E-state index is -0.500. The van der Waals surface area contributed by atoms with Crippen LogP contribution in [0.25, 0.3) is 16.9 Å². The Morgan fingerprint density at radius 1 is 1.05 bits per heavy atom. The van der Waals surface area contributed by atoms with Crippen molar-refractivity contribution in [2.24, 2.45) is 0 Å². The van der Waals surface area contributed by atoms with Crippen molar-refractivity contribution in [3.05, 3.63) is 101 Å². The van der Waals surface area contributed by atoms with Gasteiger partial charge in [0, 0.05) is 22.7 Å². The Bertz CT molecular complexity index is 1520. The highest BCUT2D eigenvalue weighted by atomic mass is 32.2. The lowest BCUT2D eigenvalue weighted by Crippen LogP contribution is -2.43. The fourth-order valence-corrected chi connectivity index (χ4v) is 6.07. The van der Waals surface area contributed by atoms with E-state index in [1.165, 1.54) is 22.7 Å². The van der Waals surface area contributed by atoms with E-state index in [4.69, 9.17) is 5.10 Å². The molecule has 1 fully saturated rings. The van der Waals surface area contributed by atoms with E-state index in [9.17, 15) is 9.59 Å².